The Morgan fingerprint density at radius 3 is 2.81 bits per heavy atom. The number of anilines is 1. The van der Waals surface area contributed by atoms with Crippen LogP contribution in [0.1, 0.15) is 5.69 Å². The lowest BCUT2D eigenvalue weighted by atomic mass is 10.2. The second kappa shape index (κ2) is 9.13. The van der Waals surface area contributed by atoms with Crippen LogP contribution in [0.2, 0.25) is 0 Å². The van der Waals surface area contributed by atoms with E-state index in [0.717, 1.165) is 0 Å². The van der Waals surface area contributed by atoms with Crippen molar-refractivity contribution in [3.63, 3.8) is 0 Å². The quantitative estimate of drug-likeness (QED) is 0.550. The van der Waals surface area contributed by atoms with E-state index in [1.807, 2.05) is 7.05 Å². The van der Waals surface area contributed by atoms with E-state index in [-0.39, 0.29) is 23.6 Å². The number of aryl methyl sites for hydroxylation is 1. The summed E-state index contributed by atoms with van der Waals surface area (Å²) < 4.78 is 19.7. The third kappa shape index (κ3) is 4.82. The van der Waals surface area contributed by atoms with Crippen LogP contribution in [0.25, 0.3) is 0 Å². The molecule has 0 spiro atoms. The highest BCUT2D eigenvalue weighted by Gasteiger charge is 2.15. The molecule has 1 amide bonds. The van der Waals surface area contributed by atoms with Crippen molar-refractivity contribution in [2.45, 2.75) is 17.5 Å². The number of thioether (sulfide) groups is 1. The number of nitrogens with one attached hydrogen (secondary N) is 1. The van der Waals surface area contributed by atoms with E-state index >= 15 is 0 Å². The Bertz CT molecular complexity index is 1160. The monoisotopic (exact) mass is 443 g/mol. The number of nitrogens with zero attached hydrogens (tertiary/aromatic N) is 4. The molecule has 3 aromatic rings. The van der Waals surface area contributed by atoms with E-state index in [1.165, 1.54) is 31.1 Å². The first kappa shape index (κ1) is 20.8. The molecule has 0 saturated heterocycles. The molecule has 0 fully saturated rings. The summed E-state index contributed by atoms with van der Waals surface area (Å²) in [6, 6.07) is 6.71. The highest BCUT2D eigenvalue weighted by molar-refractivity contribution is 7.98. The van der Waals surface area contributed by atoms with Gasteiger partial charge in [-0.25, -0.2) is 0 Å². The fraction of sp³-hybridized carbons (Fsp3) is 0.300. The molecule has 1 aliphatic heterocycles. The summed E-state index contributed by atoms with van der Waals surface area (Å²) in [7, 11) is 3.26. The van der Waals surface area contributed by atoms with Crippen LogP contribution in [0.5, 0.6) is 17.2 Å². The number of methoxy groups -OCH3 is 1. The molecule has 0 aliphatic carbocycles. The van der Waals surface area contributed by atoms with Crippen molar-refractivity contribution in [2.24, 2.45) is 7.05 Å². The Morgan fingerprint density at radius 2 is 2.06 bits per heavy atom. The minimum Gasteiger partial charge on any atom is -0.491 e. The van der Waals surface area contributed by atoms with Crippen LogP contribution >= 0.6 is 11.8 Å². The van der Waals surface area contributed by atoms with Gasteiger partial charge >= 0.3 is 0 Å². The van der Waals surface area contributed by atoms with Gasteiger partial charge in [-0.1, -0.05) is 11.8 Å². The van der Waals surface area contributed by atoms with Crippen molar-refractivity contribution >= 4 is 23.4 Å². The molecular formula is C20H21N5O5S. The SMILES string of the molecule is COc1cn(CC(=O)Nc2ccc3c(c2)OCCO3)c(CSc2nncn2C)cc1=O. The van der Waals surface area contributed by atoms with E-state index in [9.17, 15) is 9.59 Å². The van der Waals surface area contributed by atoms with E-state index in [0.29, 0.717) is 47.0 Å². The molecule has 2 aromatic heterocycles. The number of hydrogen-bond donors (Lipinski definition) is 1. The van der Waals surface area contributed by atoms with Crippen LogP contribution in [-0.2, 0) is 24.1 Å². The molecule has 31 heavy (non-hydrogen) atoms. The molecule has 0 atom stereocenters. The van der Waals surface area contributed by atoms with Gasteiger partial charge in [-0.2, -0.15) is 0 Å². The van der Waals surface area contributed by atoms with Gasteiger partial charge < -0.3 is 28.7 Å². The van der Waals surface area contributed by atoms with Crippen molar-refractivity contribution in [1.29, 1.82) is 0 Å². The van der Waals surface area contributed by atoms with Gasteiger partial charge in [-0.05, 0) is 12.1 Å². The van der Waals surface area contributed by atoms with Crippen molar-refractivity contribution < 1.29 is 19.0 Å². The first-order valence-corrected chi connectivity index (χ1v) is 10.5. The lowest BCUT2D eigenvalue weighted by molar-refractivity contribution is -0.116. The highest BCUT2D eigenvalue weighted by Crippen LogP contribution is 2.32. The van der Waals surface area contributed by atoms with E-state index in [4.69, 9.17) is 14.2 Å². The number of amides is 1. The zero-order chi connectivity index (χ0) is 21.8. The van der Waals surface area contributed by atoms with Gasteiger partial charge in [-0.3, -0.25) is 9.59 Å². The predicted octanol–water partition coefficient (Wildman–Crippen LogP) is 1.69. The van der Waals surface area contributed by atoms with Crippen LogP contribution in [0.3, 0.4) is 0 Å². The van der Waals surface area contributed by atoms with Crippen molar-refractivity contribution in [3.05, 3.63) is 52.7 Å². The molecule has 4 rings (SSSR count). The number of aromatic nitrogens is 4. The molecule has 1 N–H and O–H groups in total. The number of ether oxygens (including phenoxy) is 3. The fourth-order valence-electron chi connectivity index (χ4n) is 3.04. The average Bonchev–Trinajstić information content (AvgIpc) is 3.18. The number of benzene rings is 1. The van der Waals surface area contributed by atoms with Crippen LogP contribution < -0.4 is 25.0 Å². The third-order valence-corrected chi connectivity index (χ3v) is 5.63. The van der Waals surface area contributed by atoms with Crippen LogP contribution in [0.4, 0.5) is 5.69 Å². The zero-order valence-corrected chi connectivity index (χ0v) is 17.8. The lowest BCUT2D eigenvalue weighted by Gasteiger charge is -2.19. The number of rotatable bonds is 7. The van der Waals surface area contributed by atoms with Crippen molar-refractivity contribution in [3.8, 4) is 17.2 Å². The van der Waals surface area contributed by atoms with Gasteiger partial charge in [0.05, 0.1) is 13.3 Å². The van der Waals surface area contributed by atoms with Crippen LogP contribution in [0, 0.1) is 0 Å². The Kier molecular flexibility index (Phi) is 6.12. The topological polar surface area (TPSA) is 110 Å². The van der Waals surface area contributed by atoms with E-state index in [1.54, 1.807) is 33.7 Å². The maximum Gasteiger partial charge on any atom is 0.244 e. The Balaban J connectivity index is 1.51. The second-order valence-electron chi connectivity index (χ2n) is 6.75. The summed E-state index contributed by atoms with van der Waals surface area (Å²) in [4.78, 5) is 25.0. The van der Waals surface area contributed by atoms with Crippen molar-refractivity contribution in [1.82, 2.24) is 19.3 Å². The normalized spacial score (nSPS) is 12.5. The molecule has 0 radical (unpaired) electrons. The van der Waals surface area contributed by atoms with E-state index in [2.05, 4.69) is 15.5 Å². The standard InChI is InChI=1S/C20H21N5O5S/c1-24-12-21-23-20(24)31-11-14-8-15(26)18(28-2)9-25(14)10-19(27)22-13-3-4-16-17(7-13)30-6-5-29-16/h3-4,7-9,12H,5-6,10-11H2,1-2H3,(H,22,27). The Hall–Kier alpha value is -3.47. The number of fused-ring (bicyclic) bond motifs is 1. The minimum atomic E-state index is -0.257. The molecule has 3 heterocycles. The summed E-state index contributed by atoms with van der Waals surface area (Å²) in [5.41, 5.74) is 1.01. The number of pyridine rings is 1. The average molecular weight is 443 g/mol. The summed E-state index contributed by atoms with van der Waals surface area (Å²) in [5.74, 6) is 1.59. The zero-order valence-electron chi connectivity index (χ0n) is 17.0. The molecule has 0 bridgehead atoms. The number of carbonyl (C=O) groups is 1. The van der Waals surface area contributed by atoms with Gasteiger partial charge in [0.25, 0.3) is 0 Å². The first-order valence-electron chi connectivity index (χ1n) is 9.47. The third-order valence-electron chi connectivity index (χ3n) is 4.56. The summed E-state index contributed by atoms with van der Waals surface area (Å²) >= 11 is 1.42. The Morgan fingerprint density at radius 1 is 1.26 bits per heavy atom. The summed E-state index contributed by atoms with van der Waals surface area (Å²) in [5, 5.41) is 11.4. The molecular weight excluding hydrogens is 422 g/mol. The second-order valence-corrected chi connectivity index (χ2v) is 7.69. The van der Waals surface area contributed by atoms with Crippen molar-refractivity contribution in [2.75, 3.05) is 25.6 Å². The number of hydrogen-bond acceptors (Lipinski definition) is 8. The maximum absolute atomic E-state index is 12.7. The van der Waals surface area contributed by atoms with E-state index < -0.39 is 0 Å². The number of carbonyl (C=O) groups excluding carboxylic acids is 1. The van der Waals surface area contributed by atoms with Gasteiger partial charge in [0, 0.05) is 36.3 Å². The fourth-order valence-corrected chi connectivity index (χ4v) is 3.92. The highest BCUT2D eigenvalue weighted by atomic mass is 32.2. The maximum atomic E-state index is 12.7. The smallest absolute Gasteiger partial charge is 0.244 e. The largest absolute Gasteiger partial charge is 0.491 e. The molecule has 0 unspecified atom stereocenters. The molecule has 0 saturated carbocycles. The molecule has 11 heteroatoms. The first-order chi connectivity index (χ1) is 15.0. The summed E-state index contributed by atoms with van der Waals surface area (Å²) in [6.07, 6.45) is 3.14. The molecule has 10 nitrogen and oxygen atoms in total. The molecule has 1 aliphatic rings. The van der Waals surface area contributed by atoms with Crippen LogP contribution in [-0.4, -0.2) is 45.6 Å². The van der Waals surface area contributed by atoms with Gasteiger partial charge in [0.15, 0.2) is 22.4 Å². The molecule has 162 valence electrons. The lowest BCUT2D eigenvalue weighted by Crippen LogP contribution is -2.23. The minimum absolute atomic E-state index is 0.000208. The van der Waals surface area contributed by atoms with Gasteiger partial charge in [0.2, 0.25) is 11.3 Å². The van der Waals surface area contributed by atoms with Crippen LogP contribution in [0.15, 0.2) is 46.7 Å². The van der Waals surface area contributed by atoms with Gasteiger partial charge in [-0.15, -0.1) is 10.2 Å². The predicted molar refractivity (Wildman–Crippen MR) is 114 cm³/mol. The van der Waals surface area contributed by atoms with Gasteiger partial charge in [0.1, 0.15) is 26.1 Å². The Labute approximate surface area is 182 Å². The summed E-state index contributed by atoms with van der Waals surface area (Å²) in [6.45, 7) is 0.968. The molecule has 1 aromatic carbocycles.